The number of hydrogen-bond acceptors (Lipinski definition) is 8. The SMILES string of the molecule is C[Si](C)(C)C#Cc1cn([C@@H]2O[C@H](CO)[C@@H](O)[C@H](O)[C@H]2O)c(=O)nc1N. The molecule has 0 saturated carbocycles. The van der Waals surface area contributed by atoms with Gasteiger partial charge in [-0.25, -0.2) is 4.79 Å². The fourth-order valence-electron chi connectivity index (χ4n) is 2.33. The van der Waals surface area contributed by atoms with Crippen LogP contribution in [-0.4, -0.2) is 69.1 Å². The molecular weight excluding hydrogens is 346 g/mol. The second-order valence-corrected chi connectivity index (χ2v) is 11.7. The van der Waals surface area contributed by atoms with Crippen LogP contribution in [-0.2, 0) is 4.74 Å². The highest BCUT2D eigenvalue weighted by atomic mass is 28.3. The first kappa shape index (κ1) is 19.6. The average Bonchev–Trinajstić information content (AvgIpc) is 2.52. The van der Waals surface area contributed by atoms with Gasteiger partial charge in [0.25, 0.3) is 0 Å². The minimum absolute atomic E-state index is 0.0448. The number of aliphatic hydroxyl groups excluding tert-OH is 4. The van der Waals surface area contributed by atoms with Crippen molar-refractivity contribution in [1.29, 1.82) is 0 Å². The van der Waals surface area contributed by atoms with E-state index in [0.717, 1.165) is 4.57 Å². The summed E-state index contributed by atoms with van der Waals surface area (Å²) in [5.74, 6) is 2.84. The van der Waals surface area contributed by atoms with Crippen LogP contribution in [0.2, 0.25) is 19.6 Å². The lowest BCUT2D eigenvalue weighted by molar-refractivity contribution is -0.252. The number of hydrogen-bond donors (Lipinski definition) is 5. The van der Waals surface area contributed by atoms with E-state index in [4.69, 9.17) is 10.5 Å². The molecule has 0 bridgehead atoms. The third-order valence-corrected chi connectivity index (χ3v) is 4.57. The van der Waals surface area contributed by atoms with Crippen molar-refractivity contribution in [3.05, 3.63) is 22.2 Å². The summed E-state index contributed by atoms with van der Waals surface area (Å²) in [5.41, 5.74) is 8.32. The zero-order chi connectivity index (χ0) is 18.9. The van der Waals surface area contributed by atoms with Crippen molar-refractivity contribution < 1.29 is 25.2 Å². The molecule has 1 aliphatic heterocycles. The molecule has 1 aliphatic rings. The number of rotatable bonds is 2. The van der Waals surface area contributed by atoms with Crippen molar-refractivity contribution in [3.8, 4) is 11.5 Å². The molecule has 0 aromatic carbocycles. The standard InChI is InChI=1S/C15H23N3O6Si/c1-25(2,3)5-4-8-6-18(15(23)17-13(8)16)14-12(22)11(21)10(20)9(7-19)24-14/h6,9-12,14,19-22H,7H2,1-3H3,(H2,16,17,23)/t9-,10-,11+,12-,14-/m1/s1. The first-order valence-corrected chi connectivity index (χ1v) is 11.3. The predicted octanol–water partition coefficient (Wildman–Crippen LogP) is -1.97. The molecule has 1 saturated heterocycles. The molecule has 1 aromatic rings. The molecule has 6 N–H and O–H groups in total. The Labute approximate surface area is 145 Å². The van der Waals surface area contributed by atoms with Crippen LogP contribution < -0.4 is 11.4 Å². The van der Waals surface area contributed by atoms with E-state index in [1.807, 2.05) is 19.6 Å². The van der Waals surface area contributed by atoms with Gasteiger partial charge in [0, 0.05) is 6.20 Å². The summed E-state index contributed by atoms with van der Waals surface area (Å²) < 4.78 is 6.32. The van der Waals surface area contributed by atoms with Gasteiger partial charge in [-0.15, -0.1) is 5.54 Å². The van der Waals surface area contributed by atoms with Crippen LogP contribution in [0.25, 0.3) is 0 Å². The molecule has 2 heterocycles. The zero-order valence-corrected chi connectivity index (χ0v) is 15.2. The number of ether oxygens (including phenoxy) is 1. The smallest absolute Gasteiger partial charge is 0.351 e. The van der Waals surface area contributed by atoms with Crippen molar-refractivity contribution in [2.24, 2.45) is 0 Å². The Morgan fingerprint density at radius 3 is 2.48 bits per heavy atom. The molecule has 0 amide bonds. The third-order valence-electron chi connectivity index (χ3n) is 3.69. The Hall–Kier alpha value is -1.74. The van der Waals surface area contributed by atoms with E-state index in [1.54, 1.807) is 0 Å². The van der Waals surface area contributed by atoms with Crippen LogP contribution in [0.15, 0.2) is 11.0 Å². The number of aromatic nitrogens is 2. The quantitative estimate of drug-likeness (QED) is 0.297. The van der Waals surface area contributed by atoms with Crippen LogP contribution in [0, 0.1) is 11.5 Å². The highest BCUT2D eigenvalue weighted by molar-refractivity contribution is 6.83. The molecule has 2 rings (SSSR count). The van der Waals surface area contributed by atoms with E-state index in [9.17, 15) is 25.2 Å². The van der Waals surface area contributed by atoms with Crippen LogP contribution >= 0.6 is 0 Å². The van der Waals surface area contributed by atoms with Crippen molar-refractivity contribution in [3.63, 3.8) is 0 Å². The molecule has 5 atom stereocenters. The molecule has 10 heteroatoms. The molecule has 0 radical (unpaired) electrons. The Balaban J connectivity index is 2.47. The minimum atomic E-state index is -1.70. The van der Waals surface area contributed by atoms with Gasteiger partial charge < -0.3 is 30.9 Å². The van der Waals surface area contributed by atoms with Gasteiger partial charge in [0.1, 0.15) is 38.3 Å². The Kier molecular flexibility index (Phi) is 5.67. The molecule has 0 spiro atoms. The first-order chi connectivity index (χ1) is 11.5. The van der Waals surface area contributed by atoms with Gasteiger partial charge in [0.2, 0.25) is 0 Å². The van der Waals surface area contributed by atoms with E-state index >= 15 is 0 Å². The van der Waals surface area contributed by atoms with Crippen molar-refractivity contribution in [1.82, 2.24) is 9.55 Å². The molecule has 1 fully saturated rings. The van der Waals surface area contributed by atoms with Crippen LogP contribution in [0.4, 0.5) is 5.82 Å². The van der Waals surface area contributed by atoms with Crippen LogP contribution in [0.3, 0.4) is 0 Å². The van der Waals surface area contributed by atoms with E-state index in [0.29, 0.717) is 5.56 Å². The van der Waals surface area contributed by atoms with Crippen molar-refractivity contribution in [2.45, 2.75) is 50.3 Å². The topological polar surface area (TPSA) is 151 Å². The fourth-order valence-corrected chi connectivity index (χ4v) is 2.84. The third kappa shape index (κ3) is 4.27. The summed E-state index contributed by atoms with van der Waals surface area (Å²) in [4.78, 5) is 15.8. The van der Waals surface area contributed by atoms with Gasteiger partial charge in [0.05, 0.1) is 12.2 Å². The summed E-state index contributed by atoms with van der Waals surface area (Å²) in [6.45, 7) is 5.52. The highest BCUT2D eigenvalue weighted by Gasteiger charge is 2.44. The molecular formula is C15H23N3O6Si. The van der Waals surface area contributed by atoms with Crippen LogP contribution in [0.5, 0.6) is 0 Å². The number of nitrogens with two attached hydrogens (primary N) is 1. The van der Waals surface area contributed by atoms with Crippen molar-refractivity contribution >= 4 is 13.9 Å². The Morgan fingerprint density at radius 2 is 1.92 bits per heavy atom. The number of nitrogen functional groups attached to an aromatic ring is 1. The Morgan fingerprint density at radius 1 is 1.28 bits per heavy atom. The number of anilines is 1. The second-order valence-electron chi connectivity index (χ2n) is 6.95. The van der Waals surface area contributed by atoms with Crippen molar-refractivity contribution in [2.75, 3.05) is 12.3 Å². The van der Waals surface area contributed by atoms with Gasteiger partial charge >= 0.3 is 5.69 Å². The van der Waals surface area contributed by atoms with E-state index < -0.39 is 51.0 Å². The highest BCUT2D eigenvalue weighted by Crippen LogP contribution is 2.27. The molecule has 9 nitrogen and oxygen atoms in total. The van der Waals surface area contributed by atoms with Gasteiger partial charge in [-0.2, -0.15) is 4.98 Å². The summed E-state index contributed by atoms with van der Waals surface area (Å²) in [6, 6.07) is 0. The molecule has 1 aromatic heterocycles. The maximum atomic E-state index is 12.2. The summed E-state index contributed by atoms with van der Waals surface area (Å²) in [5, 5.41) is 39.1. The maximum absolute atomic E-state index is 12.2. The predicted molar refractivity (Wildman–Crippen MR) is 92.1 cm³/mol. The Bertz CT molecular complexity index is 748. The number of nitrogens with zero attached hydrogens (tertiary/aromatic N) is 2. The van der Waals surface area contributed by atoms with E-state index in [2.05, 4.69) is 16.4 Å². The minimum Gasteiger partial charge on any atom is -0.394 e. The largest absolute Gasteiger partial charge is 0.394 e. The second kappa shape index (κ2) is 7.25. The van der Waals surface area contributed by atoms with Gasteiger partial charge in [-0.1, -0.05) is 25.6 Å². The van der Waals surface area contributed by atoms with Gasteiger partial charge in [-0.05, 0) is 0 Å². The lowest BCUT2D eigenvalue weighted by Gasteiger charge is -2.40. The lowest BCUT2D eigenvalue weighted by atomic mass is 9.98. The van der Waals surface area contributed by atoms with E-state index in [1.165, 1.54) is 6.20 Å². The lowest BCUT2D eigenvalue weighted by Crippen LogP contribution is -2.57. The normalized spacial score (nSPS) is 29.8. The molecule has 138 valence electrons. The zero-order valence-electron chi connectivity index (χ0n) is 14.2. The summed E-state index contributed by atoms with van der Waals surface area (Å²) in [7, 11) is -1.70. The monoisotopic (exact) mass is 369 g/mol. The van der Waals surface area contributed by atoms with Gasteiger partial charge in [0.15, 0.2) is 6.23 Å². The maximum Gasteiger partial charge on any atom is 0.351 e. The van der Waals surface area contributed by atoms with Crippen LogP contribution in [0.1, 0.15) is 11.8 Å². The number of aliphatic hydroxyl groups is 4. The molecule has 0 aliphatic carbocycles. The summed E-state index contributed by atoms with van der Waals surface area (Å²) in [6.07, 6.45) is -5.90. The fraction of sp³-hybridized carbons (Fsp3) is 0.600. The van der Waals surface area contributed by atoms with E-state index in [-0.39, 0.29) is 5.82 Å². The van der Waals surface area contributed by atoms with Gasteiger partial charge in [-0.3, -0.25) is 4.57 Å². The average molecular weight is 369 g/mol. The summed E-state index contributed by atoms with van der Waals surface area (Å²) >= 11 is 0. The molecule has 0 unspecified atom stereocenters. The molecule has 25 heavy (non-hydrogen) atoms. The first-order valence-electron chi connectivity index (χ1n) is 7.77.